The maximum absolute atomic E-state index is 11.3. The van der Waals surface area contributed by atoms with Crippen LogP contribution in [0.1, 0.15) is 46.5 Å². The van der Waals surface area contributed by atoms with Crippen molar-refractivity contribution in [1.82, 2.24) is 0 Å². The summed E-state index contributed by atoms with van der Waals surface area (Å²) in [7, 11) is 0. The van der Waals surface area contributed by atoms with Gasteiger partial charge in [0.25, 0.3) is 0 Å². The van der Waals surface area contributed by atoms with E-state index in [1.54, 1.807) is 6.92 Å². The molecule has 0 amide bonds. The van der Waals surface area contributed by atoms with Crippen molar-refractivity contribution in [1.29, 1.82) is 0 Å². The Morgan fingerprint density at radius 2 is 1.93 bits per heavy atom. The first kappa shape index (κ1) is 14.2. The van der Waals surface area contributed by atoms with Gasteiger partial charge in [0, 0.05) is 12.2 Å². The Morgan fingerprint density at radius 1 is 1.33 bits per heavy atom. The molecule has 0 saturated carbocycles. The standard InChI is InChI=1S/C12H22O3/c1-10(2)11(14)15-12(3,4)8-6-5-7-9-13/h13H,1,5-9H2,2-4H3. The Hall–Kier alpha value is -0.830. The zero-order valence-electron chi connectivity index (χ0n) is 10.0. The first-order chi connectivity index (χ1) is 6.89. The number of aliphatic hydroxyl groups is 1. The largest absolute Gasteiger partial charge is 0.456 e. The Labute approximate surface area is 92.1 Å². The third-order valence-electron chi connectivity index (χ3n) is 2.15. The molecule has 0 aromatic carbocycles. The van der Waals surface area contributed by atoms with E-state index in [9.17, 15) is 4.79 Å². The molecule has 3 nitrogen and oxygen atoms in total. The Morgan fingerprint density at radius 3 is 2.40 bits per heavy atom. The van der Waals surface area contributed by atoms with Crippen molar-refractivity contribution < 1.29 is 14.6 Å². The first-order valence-corrected chi connectivity index (χ1v) is 5.39. The second kappa shape index (κ2) is 6.62. The van der Waals surface area contributed by atoms with Crippen molar-refractivity contribution in [3.05, 3.63) is 12.2 Å². The highest BCUT2D eigenvalue weighted by atomic mass is 16.6. The fourth-order valence-corrected chi connectivity index (χ4v) is 1.23. The van der Waals surface area contributed by atoms with Crippen LogP contribution in [0.25, 0.3) is 0 Å². The fraction of sp³-hybridized carbons (Fsp3) is 0.750. The third-order valence-corrected chi connectivity index (χ3v) is 2.15. The van der Waals surface area contributed by atoms with Gasteiger partial charge < -0.3 is 9.84 Å². The van der Waals surface area contributed by atoms with Crippen LogP contribution in [0.15, 0.2) is 12.2 Å². The number of hydrogen-bond donors (Lipinski definition) is 1. The van der Waals surface area contributed by atoms with Crippen molar-refractivity contribution in [2.75, 3.05) is 6.61 Å². The van der Waals surface area contributed by atoms with E-state index in [-0.39, 0.29) is 12.6 Å². The predicted molar refractivity (Wildman–Crippen MR) is 60.5 cm³/mol. The van der Waals surface area contributed by atoms with Gasteiger partial charge >= 0.3 is 5.97 Å². The van der Waals surface area contributed by atoms with Crippen LogP contribution in [-0.2, 0) is 9.53 Å². The van der Waals surface area contributed by atoms with E-state index >= 15 is 0 Å². The van der Waals surface area contributed by atoms with Gasteiger partial charge in [0.15, 0.2) is 0 Å². The summed E-state index contributed by atoms with van der Waals surface area (Å²) in [6.07, 6.45) is 3.54. The first-order valence-electron chi connectivity index (χ1n) is 5.39. The summed E-state index contributed by atoms with van der Waals surface area (Å²) in [6.45, 7) is 9.20. The molecule has 0 aromatic heterocycles. The number of carbonyl (C=O) groups is 1. The van der Waals surface area contributed by atoms with Crippen molar-refractivity contribution in [2.24, 2.45) is 0 Å². The van der Waals surface area contributed by atoms with Crippen molar-refractivity contribution in [3.63, 3.8) is 0 Å². The van der Waals surface area contributed by atoms with E-state index in [2.05, 4.69) is 6.58 Å². The lowest BCUT2D eigenvalue weighted by Gasteiger charge is -2.25. The van der Waals surface area contributed by atoms with Crippen LogP contribution >= 0.6 is 0 Å². The smallest absolute Gasteiger partial charge is 0.333 e. The number of aliphatic hydroxyl groups excluding tert-OH is 1. The average Bonchev–Trinajstić information content (AvgIpc) is 2.11. The predicted octanol–water partition coefficient (Wildman–Crippen LogP) is 2.44. The number of unbranched alkanes of at least 4 members (excludes halogenated alkanes) is 2. The number of ether oxygens (including phenoxy) is 1. The fourth-order valence-electron chi connectivity index (χ4n) is 1.23. The van der Waals surface area contributed by atoms with Gasteiger partial charge in [-0.15, -0.1) is 0 Å². The van der Waals surface area contributed by atoms with Gasteiger partial charge in [-0.05, 0) is 40.0 Å². The van der Waals surface area contributed by atoms with Crippen LogP contribution in [0.3, 0.4) is 0 Å². The number of esters is 1. The van der Waals surface area contributed by atoms with E-state index in [1.165, 1.54) is 0 Å². The molecular weight excluding hydrogens is 192 g/mol. The zero-order valence-corrected chi connectivity index (χ0v) is 10.0. The van der Waals surface area contributed by atoms with E-state index in [1.807, 2.05) is 13.8 Å². The SMILES string of the molecule is C=C(C)C(=O)OC(C)(C)CCCCCO. The lowest BCUT2D eigenvalue weighted by Crippen LogP contribution is -2.28. The van der Waals surface area contributed by atoms with Crippen LogP contribution in [0.2, 0.25) is 0 Å². The minimum Gasteiger partial charge on any atom is -0.456 e. The van der Waals surface area contributed by atoms with Crippen molar-refractivity contribution >= 4 is 5.97 Å². The van der Waals surface area contributed by atoms with Gasteiger partial charge in [0.1, 0.15) is 5.60 Å². The number of hydrogen-bond acceptors (Lipinski definition) is 3. The molecular formula is C12H22O3. The molecule has 0 radical (unpaired) electrons. The minimum absolute atomic E-state index is 0.228. The van der Waals surface area contributed by atoms with E-state index in [0.717, 1.165) is 25.7 Å². The molecule has 0 aromatic rings. The highest BCUT2D eigenvalue weighted by Gasteiger charge is 2.22. The van der Waals surface area contributed by atoms with Gasteiger partial charge in [0.2, 0.25) is 0 Å². The molecule has 0 aliphatic rings. The van der Waals surface area contributed by atoms with Crippen LogP contribution in [0, 0.1) is 0 Å². The maximum atomic E-state index is 11.3. The second-order valence-corrected chi connectivity index (χ2v) is 4.46. The van der Waals surface area contributed by atoms with Crippen molar-refractivity contribution in [2.45, 2.75) is 52.1 Å². The summed E-state index contributed by atoms with van der Waals surface area (Å²) < 4.78 is 5.28. The summed E-state index contributed by atoms with van der Waals surface area (Å²) in [5, 5.41) is 8.62. The molecule has 88 valence electrons. The van der Waals surface area contributed by atoms with Crippen LogP contribution < -0.4 is 0 Å². The summed E-state index contributed by atoms with van der Waals surface area (Å²) >= 11 is 0. The van der Waals surface area contributed by atoms with Crippen LogP contribution in [0.4, 0.5) is 0 Å². The molecule has 0 aliphatic carbocycles. The van der Waals surface area contributed by atoms with Gasteiger partial charge in [-0.3, -0.25) is 0 Å². The summed E-state index contributed by atoms with van der Waals surface area (Å²) in [5.74, 6) is -0.331. The average molecular weight is 214 g/mol. The summed E-state index contributed by atoms with van der Waals surface area (Å²) in [4.78, 5) is 11.3. The molecule has 0 saturated heterocycles. The van der Waals surface area contributed by atoms with Crippen molar-refractivity contribution in [3.8, 4) is 0 Å². The second-order valence-electron chi connectivity index (χ2n) is 4.46. The molecule has 3 heteroatoms. The topological polar surface area (TPSA) is 46.5 Å². The monoisotopic (exact) mass is 214 g/mol. The molecule has 0 spiro atoms. The maximum Gasteiger partial charge on any atom is 0.333 e. The Kier molecular flexibility index (Phi) is 6.25. The lowest BCUT2D eigenvalue weighted by molar-refractivity contribution is -0.152. The molecule has 0 rings (SSSR count). The molecule has 0 atom stereocenters. The summed E-state index contributed by atoms with van der Waals surface area (Å²) in [5.41, 5.74) is -0.00989. The molecule has 0 fully saturated rings. The number of carbonyl (C=O) groups excluding carboxylic acids is 1. The van der Waals surface area contributed by atoms with Gasteiger partial charge in [-0.2, -0.15) is 0 Å². The molecule has 0 heterocycles. The Bertz CT molecular complexity index is 219. The third kappa shape index (κ3) is 7.14. The highest BCUT2D eigenvalue weighted by molar-refractivity contribution is 5.87. The Balaban J connectivity index is 3.86. The molecule has 0 aliphatic heterocycles. The molecule has 0 unspecified atom stereocenters. The quantitative estimate of drug-likeness (QED) is 0.402. The molecule has 1 N–H and O–H groups in total. The van der Waals surface area contributed by atoms with Crippen LogP contribution in [0.5, 0.6) is 0 Å². The highest BCUT2D eigenvalue weighted by Crippen LogP contribution is 2.19. The molecule has 15 heavy (non-hydrogen) atoms. The number of rotatable bonds is 7. The molecule has 0 bridgehead atoms. The van der Waals surface area contributed by atoms with E-state index < -0.39 is 5.60 Å². The van der Waals surface area contributed by atoms with Gasteiger partial charge in [-0.1, -0.05) is 13.0 Å². The van der Waals surface area contributed by atoms with E-state index in [0.29, 0.717) is 5.57 Å². The minimum atomic E-state index is -0.439. The zero-order chi connectivity index (χ0) is 11.9. The van der Waals surface area contributed by atoms with Gasteiger partial charge in [0.05, 0.1) is 0 Å². The normalized spacial score (nSPS) is 11.2. The lowest BCUT2D eigenvalue weighted by atomic mass is 10.0. The van der Waals surface area contributed by atoms with Crippen LogP contribution in [-0.4, -0.2) is 23.3 Å². The van der Waals surface area contributed by atoms with Gasteiger partial charge in [-0.25, -0.2) is 4.79 Å². The van der Waals surface area contributed by atoms with E-state index in [4.69, 9.17) is 9.84 Å². The summed E-state index contributed by atoms with van der Waals surface area (Å²) in [6, 6.07) is 0.